The van der Waals surface area contributed by atoms with Crippen molar-refractivity contribution >= 4 is 21.7 Å². The van der Waals surface area contributed by atoms with Crippen molar-refractivity contribution in [1.29, 1.82) is 0 Å². The number of carbonyl (C=O) groups is 1. The normalized spacial score (nSPS) is 10.6. The molecule has 0 amide bonds. The second-order valence-corrected chi connectivity index (χ2v) is 4.93. The van der Waals surface area contributed by atoms with Gasteiger partial charge in [-0.3, -0.25) is 4.79 Å². The zero-order chi connectivity index (χ0) is 13.0. The second kappa shape index (κ2) is 5.91. The molecule has 0 spiro atoms. The Bertz CT molecular complexity index is 551. The van der Waals surface area contributed by atoms with Gasteiger partial charge < -0.3 is 0 Å². The van der Waals surface area contributed by atoms with Crippen LogP contribution >= 0.6 is 15.9 Å². The van der Waals surface area contributed by atoms with E-state index >= 15 is 0 Å². The molecule has 18 heavy (non-hydrogen) atoms. The summed E-state index contributed by atoms with van der Waals surface area (Å²) in [5, 5.41) is 4.11. The van der Waals surface area contributed by atoms with E-state index in [4.69, 9.17) is 0 Å². The molecule has 0 unspecified atom stereocenters. The van der Waals surface area contributed by atoms with Crippen molar-refractivity contribution in [1.82, 2.24) is 14.8 Å². The van der Waals surface area contributed by atoms with Crippen molar-refractivity contribution in [2.75, 3.05) is 0 Å². The molecule has 1 heterocycles. The number of aromatic nitrogens is 3. The van der Waals surface area contributed by atoms with Gasteiger partial charge in [-0.2, -0.15) is 5.10 Å². The van der Waals surface area contributed by atoms with Crippen molar-refractivity contribution < 1.29 is 4.79 Å². The number of hydrogen-bond acceptors (Lipinski definition) is 3. The number of ketones is 1. The standard InChI is InChI=1S/C13H14BrN3O/c1-2-6-17-13(15-9-16-17)8-12(18)10-4-3-5-11(14)7-10/h3-5,7,9H,2,6,8H2,1H3. The van der Waals surface area contributed by atoms with Gasteiger partial charge in [0.2, 0.25) is 0 Å². The number of hydrogen-bond donors (Lipinski definition) is 0. The quantitative estimate of drug-likeness (QED) is 0.798. The Morgan fingerprint density at radius 1 is 1.44 bits per heavy atom. The van der Waals surface area contributed by atoms with Gasteiger partial charge in [-0.05, 0) is 18.6 Å². The third kappa shape index (κ3) is 3.04. The van der Waals surface area contributed by atoms with E-state index in [0.29, 0.717) is 5.56 Å². The van der Waals surface area contributed by atoms with Crippen molar-refractivity contribution in [2.24, 2.45) is 0 Å². The third-order valence-electron chi connectivity index (χ3n) is 2.60. The molecule has 0 aliphatic carbocycles. The fourth-order valence-electron chi connectivity index (χ4n) is 1.73. The molecule has 0 aliphatic heterocycles. The molecule has 2 rings (SSSR count). The van der Waals surface area contributed by atoms with Gasteiger partial charge in [0, 0.05) is 16.6 Å². The van der Waals surface area contributed by atoms with E-state index in [-0.39, 0.29) is 12.2 Å². The zero-order valence-corrected chi connectivity index (χ0v) is 11.7. The van der Waals surface area contributed by atoms with Crippen LogP contribution in [0.15, 0.2) is 35.1 Å². The average molecular weight is 308 g/mol. The molecule has 0 saturated carbocycles. The minimum absolute atomic E-state index is 0.0571. The summed E-state index contributed by atoms with van der Waals surface area (Å²) in [5.41, 5.74) is 0.690. The Kier molecular flexibility index (Phi) is 4.25. The molecular formula is C13H14BrN3O. The van der Waals surface area contributed by atoms with Crippen LogP contribution in [0.2, 0.25) is 0 Å². The summed E-state index contributed by atoms with van der Waals surface area (Å²) in [5.74, 6) is 0.781. The summed E-state index contributed by atoms with van der Waals surface area (Å²) in [7, 11) is 0. The molecule has 0 saturated heterocycles. The Labute approximate surface area is 114 Å². The van der Waals surface area contributed by atoms with Crippen LogP contribution < -0.4 is 0 Å². The lowest BCUT2D eigenvalue weighted by Gasteiger charge is -2.04. The van der Waals surface area contributed by atoms with Gasteiger partial charge in [0.05, 0.1) is 6.42 Å². The molecular weight excluding hydrogens is 294 g/mol. The van der Waals surface area contributed by atoms with Crippen molar-refractivity contribution in [3.8, 4) is 0 Å². The number of aryl methyl sites for hydroxylation is 1. The summed E-state index contributed by atoms with van der Waals surface area (Å²) >= 11 is 3.36. The molecule has 2 aromatic rings. The first-order valence-corrected chi connectivity index (χ1v) is 6.65. The Hall–Kier alpha value is -1.49. The lowest BCUT2D eigenvalue weighted by atomic mass is 10.1. The number of nitrogens with zero attached hydrogens (tertiary/aromatic N) is 3. The van der Waals surface area contributed by atoms with Crippen LogP contribution in [0.25, 0.3) is 0 Å². The van der Waals surface area contributed by atoms with Crippen LogP contribution in [0.3, 0.4) is 0 Å². The van der Waals surface area contributed by atoms with E-state index in [1.807, 2.05) is 24.3 Å². The van der Waals surface area contributed by atoms with Crippen molar-refractivity contribution in [3.05, 3.63) is 46.5 Å². The van der Waals surface area contributed by atoms with E-state index < -0.39 is 0 Å². The van der Waals surface area contributed by atoms with Gasteiger partial charge in [-0.25, -0.2) is 9.67 Å². The topological polar surface area (TPSA) is 47.8 Å². The summed E-state index contributed by atoms with van der Waals surface area (Å²) in [4.78, 5) is 16.3. The molecule has 0 fully saturated rings. The van der Waals surface area contributed by atoms with Gasteiger partial charge in [0.1, 0.15) is 12.2 Å². The van der Waals surface area contributed by atoms with Gasteiger partial charge in [-0.1, -0.05) is 35.0 Å². The molecule has 94 valence electrons. The predicted octanol–water partition coefficient (Wildman–Crippen LogP) is 2.88. The molecule has 0 aliphatic rings. The van der Waals surface area contributed by atoms with Crippen molar-refractivity contribution in [2.45, 2.75) is 26.3 Å². The number of halogens is 1. The van der Waals surface area contributed by atoms with E-state index in [1.165, 1.54) is 6.33 Å². The molecule has 0 bridgehead atoms. The highest BCUT2D eigenvalue weighted by Crippen LogP contribution is 2.13. The Morgan fingerprint density at radius 3 is 3.00 bits per heavy atom. The molecule has 0 radical (unpaired) electrons. The number of Topliss-reactive ketones (excluding diaryl/α,β-unsaturated/α-hetero) is 1. The highest BCUT2D eigenvalue weighted by molar-refractivity contribution is 9.10. The summed E-state index contributed by atoms with van der Waals surface area (Å²) < 4.78 is 2.69. The SMILES string of the molecule is CCCn1ncnc1CC(=O)c1cccc(Br)c1. The van der Waals surface area contributed by atoms with Crippen LogP contribution in [0, 0.1) is 0 Å². The summed E-state index contributed by atoms with van der Waals surface area (Å²) in [6.45, 7) is 2.86. The summed E-state index contributed by atoms with van der Waals surface area (Å²) in [6, 6.07) is 7.39. The maximum Gasteiger partial charge on any atom is 0.170 e. The molecule has 1 aromatic heterocycles. The molecule has 5 heteroatoms. The van der Waals surface area contributed by atoms with E-state index in [2.05, 4.69) is 32.9 Å². The Morgan fingerprint density at radius 2 is 2.28 bits per heavy atom. The zero-order valence-electron chi connectivity index (χ0n) is 10.1. The first-order chi connectivity index (χ1) is 8.70. The van der Waals surface area contributed by atoms with Crippen LogP contribution in [0.4, 0.5) is 0 Å². The maximum absolute atomic E-state index is 12.1. The van der Waals surface area contributed by atoms with Crippen molar-refractivity contribution in [3.63, 3.8) is 0 Å². The molecule has 0 N–H and O–H groups in total. The fraction of sp³-hybridized carbons (Fsp3) is 0.308. The Balaban J connectivity index is 2.14. The largest absolute Gasteiger partial charge is 0.294 e. The highest BCUT2D eigenvalue weighted by atomic mass is 79.9. The van der Waals surface area contributed by atoms with E-state index in [1.54, 1.807) is 4.68 Å². The molecule has 4 nitrogen and oxygen atoms in total. The lowest BCUT2D eigenvalue weighted by Crippen LogP contribution is -2.11. The average Bonchev–Trinajstić information content (AvgIpc) is 2.77. The predicted molar refractivity (Wildman–Crippen MR) is 72.5 cm³/mol. The van der Waals surface area contributed by atoms with Gasteiger partial charge in [0.15, 0.2) is 5.78 Å². The molecule has 0 atom stereocenters. The third-order valence-corrected chi connectivity index (χ3v) is 3.09. The number of carbonyl (C=O) groups excluding carboxylic acids is 1. The van der Waals surface area contributed by atoms with E-state index in [0.717, 1.165) is 23.3 Å². The smallest absolute Gasteiger partial charge is 0.170 e. The van der Waals surface area contributed by atoms with Gasteiger partial charge >= 0.3 is 0 Å². The van der Waals surface area contributed by atoms with Crippen LogP contribution in [0.1, 0.15) is 29.5 Å². The molecule has 1 aromatic carbocycles. The number of rotatable bonds is 5. The maximum atomic E-state index is 12.1. The van der Waals surface area contributed by atoms with Crippen LogP contribution in [-0.2, 0) is 13.0 Å². The first-order valence-electron chi connectivity index (χ1n) is 5.86. The summed E-state index contributed by atoms with van der Waals surface area (Å²) in [6.07, 6.45) is 2.76. The number of benzene rings is 1. The van der Waals surface area contributed by atoms with Gasteiger partial charge in [-0.15, -0.1) is 0 Å². The highest BCUT2D eigenvalue weighted by Gasteiger charge is 2.12. The second-order valence-electron chi connectivity index (χ2n) is 4.01. The fourth-order valence-corrected chi connectivity index (χ4v) is 2.13. The monoisotopic (exact) mass is 307 g/mol. The minimum atomic E-state index is 0.0571. The van der Waals surface area contributed by atoms with Crippen LogP contribution in [-0.4, -0.2) is 20.5 Å². The van der Waals surface area contributed by atoms with Gasteiger partial charge in [0.25, 0.3) is 0 Å². The first kappa shape index (κ1) is 13.0. The van der Waals surface area contributed by atoms with E-state index in [9.17, 15) is 4.79 Å². The van der Waals surface area contributed by atoms with Crippen LogP contribution in [0.5, 0.6) is 0 Å². The minimum Gasteiger partial charge on any atom is -0.294 e. The lowest BCUT2D eigenvalue weighted by molar-refractivity contribution is 0.0989.